The number of rotatable bonds is 1. The van der Waals surface area contributed by atoms with Gasteiger partial charge in [0.25, 0.3) is 0 Å². The Labute approximate surface area is 104 Å². The molecule has 0 N–H and O–H groups in total. The molecule has 1 aromatic carbocycles. The summed E-state index contributed by atoms with van der Waals surface area (Å²) >= 11 is 5.81. The maximum absolute atomic E-state index is 10.1. The molecule has 0 spiro atoms. The summed E-state index contributed by atoms with van der Waals surface area (Å²) in [5.74, 6) is 4.95. The Bertz CT molecular complexity index is 576. The normalized spacial score (nSPS) is 9.24. The molecule has 0 aliphatic carbocycles. The maximum atomic E-state index is 10.1. The van der Waals surface area contributed by atoms with Crippen LogP contribution >= 0.6 is 11.6 Å². The number of aromatic nitrogens is 1. The largest absolute Gasteiger partial charge is 0.289 e. The van der Waals surface area contributed by atoms with E-state index in [0.29, 0.717) is 17.0 Å². The first-order chi connectivity index (χ1) is 8.29. The van der Waals surface area contributed by atoms with Crippen LogP contribution in [0.4, 0.5) is 0 Å². The van der Waals surface area contributed by atoms with Crippen molar-refractivity contribution in [3.8, 4) is 23.0 Å². The van der Waals surface area contributed by atoms with E-state index in [1.165, 1.54) is 0 Å². The molecule has 17 heavy (non-hydrogen) atoms. The molecule has 82 valence electrons. The molecule has 1 aromatic heterocycles. The first-order valence-corrected chi connectivity index (χ1v) is 5.34. The second-order valence-corrected chi connectivity index (χ2v) is 3.76. The van der Waals surface area contributed by atoms with Crippen molar-refractivity contribution in [3.05, 3.63) is 53.3 Å². The van der Waals surface area contributed by atoms with Crippen LogP contribution in [0.1, 0.15) is 5.69 Å². The summed E-state index contributed by atoms with van der Waals surface area (Å²) in [6.45, 7) is 0. The smallest absolute Gasteiger partial charge is 0.193 e. The Kier molecular flexibility index (Phi) is 3.54. The Morgan fingerprint density at radius 2 is 1.76 bits per heavy atom. The van der Waals surface area contributed by atoms with Gasteiger partial charge in [0.05, 0.1) is 0 Å². The highest BCUT2D eigenvalue weighted by atomic mass is 35.5. The molecule has 0 radical (unpaired) electrons. The molecule has 2 aromatic rings. The van der Waals surface area contributed by atoms with Gasteiger partial charge in [0, 0.05) is 16.8 Å². The van der Waals surface area contributed by atoms with Crippen molar-refractivity contribution in [3.63, 3.8) is 0 Å². The van der Waals surface area contributed by atoms with Gasteiger partial charge in [0.15, 0.2) is 6.29 Å². The molecule has 0 aliphatic rings. The number of pyridine rings is 1. The number of halogens is 1. The first-order valence-electron chi connectivity index (χ1n) is 4.97. The molecule has 2 nitrogen and oxygen atoms in total. The minimum absolute atomic E-state index is 0.550. The van der Waals surface area contributed by atoms with Gasteiger partial charge in [-0.2, -0.15) is 0 Å². The number of nitrogens with zero attached hydrogens (tertiary/aromatic N) is 1. The SMILES string of the molecule is O=CC#Cc1ccc(-c2ccc(Cl)cc2)cn1. The number of carbonyl (C=O) groups is 1. The first kappa shape index (κ1) is 11.4. The molecule has 0 unspecified atom stereocenters. The minimum Gasteiger partial charge on any atom is -0.289 e. The second kappa shape index (κ2) is 5.29. The molecule has 0 atom stereocenters. The fraction of sp³-hybridized carbons (Fsp3) is 0. The average molecular weight is 242 g/mol. The van der Waals surface area contributed by atoms with Crippen molar-refractivity contribution in [1.29, 1.82) is 0 Å². The Morgan fingerprint density at radius 1 is 1.06 bits per heavy atom. The molecular formula is C14H8ClNO. The molecule has 0 amide bonds. The van der Waals surface area contributed by atoms with E-state index < -0.39 is 0 Å². The maximum Gasteiger partial charge on any atom is 0.193 e. The number of carbonyl (C=O) groups excluding carboxylic acids is 1. The van der Waals surface area contributed by atoms with Gasteiger partial charge in [-0.1, -0.05) is 29.8 Å². The standard InChI is InChI=1S/C14H8ClNO/c15-13-6-3-11(4-7-13)12-5-8-14(16-10-12)2-1-9-17/h3-10H. The van der Waals surface area contributed by atoms with Gasteiger partial charge < -0.3 is 0 Å². The predicted octanol–water partition coefficient (Wildman–Crippen LogP) is 2.95. The quantitative estimate of drug-likeness (QED) is 0.568. The third kappa shape index (κ3) is 2.93. The van der Waals surface area contributed by atoms with Gasteiger partial charge in [0.2, 0.25) is 0 Å². The zero-order valence-electron chi connectivity index (χ0n) is 8.85. The van der Waals surface area contributed by atoms with E-state index >= 15 is 0 Å². The number of aldehydes is 1. The van der Waals surface area contributed by atoms with Crippen molar-refractivity contribution >= 4 is 17.9 Å². The predicted molar refractivity (Wildman–Crippen MR) is 67.6 cm³/mol. The Morgan fingerprint density at radius 3 is 2.35 bits per heavy atom. The van der Waals surface area contributed by atoms with Crippen molar-refractivity contribution in [2.24, 2.45) is 0 Å². The summed E-state index contributed by atoms with van der Waals surface area (Å²) in [5, 5.41) is 0.704. The van der Waals surface area contributed by atoms with Gasteiger partial charge in [0.1, 0.15) is 5.69 Å². The fourth-order valence-corrected chi connectivity index (χ4v) is 1.51. The molecular weight excluding hydrogens is 234 g/mol. The van der Waals surface area contributed by atoms with Crippen LogP contribution in [0.25, 0.3) is 11.1 Å². The van der Waals surface area contributed by atoms with E-state index in [9.17, 15) is 4.79 Å². The monoisotopic (exact) mass is 241 g/mol. The molecule has 2 rings (SSSR count). The lowest BCUT2D eigenvalue weighted by atomic mass is 10.1. The van der Waals surface area contributed by atoms with Crippen LogP contribution in [0.3, 0.4) is 0 Å². The molecule has 0 fully saturated rings. The van der Waals surface area contributed by atoms with Crippen LogP contribution in [0.2, 0.25) is 5.02 Å². The van der Waals surface area contributed by atoms with Crippen LogP contribution < -0.4 is 0 Å². The van der Waals surface area contributed by atoms with Gasteiger partial charge in [-0.3, -0.25) is 4.79 Å². The van der Waals surface area contributed by atoms with Gasteiger partial charge in [-0.15, -0.1) is 0 Å². The van der Waals surface area contributed by atoms with Gasteiger partial charge >= 0.3 is 0 Å². The van der Waals surface area contributed by atoms with Crippen molar-refractivity contribution in [2.75, 3.05) is 0 Å². The fourth-order valence-electron chi connectivity index (χ4n) is 1.38. The average Bonchev–Trinajstić information content (AvgIpc) is 2.38. The highest BCUT2D eigenvalue weighted by Gasteiger charge is 1.98. The topological polar surface area (TPSA) is 30.0 Å². The molecule has 0 bridgehead atoms. The van der Waals surface area contributed by atoms with Crippen LogP contribution in [0, 0.1) is 11.8 Å². The number of benzene rings is 1. The van der Waals surface area contributed by atoms with E-state index in [2.05, 4.69) is 16.8 Å². The summed E-state index contributed by atoms with van der Waals surface area (Å²) in [6, 6.07) is 11.2. The molecule has 0 saturated heterocycles. The van der Waals surface area contributed by atoms with Crippen LogP contribution in [-0.2, 0) is 4.79 Å². The van der Waals surface area contributed by atoms with Crippen LogP contribution in [0.15, 0.2) is 42.6 Å². The van der Waals surface area contributed by atoms with E-state index in [0.717, 1.165) is 11.1 Å². The summed E-state index contributed by atoms with van der Waals surface area (Å²) in [5.41, 5.74) is 2.60. The third-order valence-corrected chi connectivity index (χ3v) is 2.45. The van der Waals surface area contributed by atoms with Crippen molar-refractivity contribution in [1.82, 2.24) is 4.98 Å². The number of hydrogen-bond acceptors (Lipinski definition) is 2. The van der Waals surface area contributed by atoms with Gasteiger partial charge in [-0.25, -0.2) is 4.98 Å². The van der Waals surface area contributed by atoms with E-state index in [1.54, 1.807) is 12.3 Å². The van der Waals surface area contributed by atoms with Crippen LogP contribution in [0.5, 0.6) is 0 Å². The zero-order chi connectivity index (χ0) is 12.1. The second-order valence-electron chi connectivity index (χ2n) is 3.33. The zero-order valence-corrected chi connectivity index (χ0v) is 9.61. The summed E-state index contributed by atoms with van der Waals surface area (Å²) in [7, 11) is 0. The lowest BCUT2D eigenvalue weighted by Crippen LogP contribution is -1.84. The molecule has 3 heteroatoms. The summed E-state index contributed by atoms with van der Waals surface area (Å²) in [6.07, 6.45) is 2.27. The van der Waals surface area contributed by atoms with Crippen molar-refractivity contribution in [2.45, 2.75) is 0 Å². The minimum atomic E-state index is 0.550. The van der Waals surface area contributed by atoms with E-state index in [-0.39, 0.29) is 0 Å². The van der Waals surface area contributed by atoms with Crippen molar-refractivity contribution < 1.29 is 4.79 Å². The Hall–Kier alpha value is -2.11. The molecule has 0 saturated carbocycles. The van der Waals surface area contributed by atoms with Gasteiger partial charge in [-0.05, 0) is 35.6 Å². The van der Waals surface area contributed by atoms with Crippen LogP contribution in [-0.4, -0.2) is 11.3 Å². The van der Waals surface area contributed by atoms with E-state index in [1.807, 2.05) is 30.3 Å². The van der Waals surface area contributed by atoms with E-state index in [4.69, 9.17) is 11.6 Å². The highest BCUT2D eigenvalue weighted by molar-refractivity contribution is 6.30. The molecule has 0 aliphatic heterocycles. The molecule has 1 heterocycles. The Balaban J connectivity index is 2.29. The lowest BCUT2D eigenvalue weighted by Gasteiger charge is -2.00. The third-order valence-electron chi connectivity index (χ3n) is 2.20. The summed E-state index contributed by atoms with van der Waals surface area (Å²) in [4.78, 5) is 14.2. The number of hydrogen-bond donors (Lipinski definition) is 0. The lowest BCUT2D eigenvalue weighted by molar-refractivity contribution is -0.103. The summed E-state index contributed by atoms with van der Waals surface area (Å²) < 4.78 is 0. The highest BCUT2D eigenvalue weighted by Crippen LogP contribution is 2.20.